The number of benzene rings is 2. The second kappa shape index (κ2) is 4.44. The number of nitrogens with zero attached hydrogens (tertiary/aromatic N) is 1. The van der Waals surface area contributed by atoms with Gasteiger partial charge in [-0.05, 0) is 18.2 Å². The first-order valence-electron chi connectivity index (χ1n) is 4.75. The SMILES string of the molecule is O=[N+](O)c1ccccc1Oc1ccccc1. The fourth-order valence-corrected chi connectivity index (χ4v) is 1.32. The first kappa shape index (κ1) is 10.2. The molecule has 0 bridgehead atoms. The Morgan fingerprint density at radius 1 is 0.938 bits per heavy atom. The van der Waals surface area contributed by atoms with E-state index in [4.69, 9.17) is 9.94 Å². The molecule has 16 heavy (non-hydrogen) atoms. The number of rotatable bonds is 3. The molecule has 0 heterocycles. The summed E-state index contributed by atoms with van der Waals surface area (Å²) in [5.41, 5.74) is 0.0753. The molecule has 0 amide bonds. The average molecular weight is 216 g/mol. The Bertz CT molecular complexity index is 497. The predicted molar refractivity (Wildman–Crippen MR) is 58.0 cm³/mol. The third-order valence-electron chi connectivity index (χ3n) is 2.04. The van der Waals surface area contributed by atoms with Crippen LogP contribution in [0.3, 0.4) is 0 Å². The third kappa shape index (κ3) is 2.17. The second-order valence-corrected chi connectivity index (χ2v) is 3.16. The Kier molecular flexibility index (Phi) is 2.82. The molecule has 0 saturated carbocycles. The Hall–Kier alpha value is -2.36. The van der Waals surface area contributed by atoms with Gasteiger partial charge in [0.2, 0.25) is 5.75 Å². The molecule has 0 fully saturated rings. The molecule has 80 valence electrons. The van der Waals surface area contributed by atoms with Crippen molar-refractivity contribution in [1.82, 2.24) is 0 Å². The van der Waals surface area contributed by atoms with Crippen molar-refractivity contribution in [2.24, 2.45) is 0 Å². The third-order valence-corrected chi connectivity index (χ3v) is 2.04. The zero-order valence-corrected chi connectivity index (χ0v) is 8.41. The van der Waals surface area contributed by atoms with E-state index in [1.165, 1.54) is 6.07 Å². The van der Waals surface area contributed by atoms with E-state index in [2.05, 4.69) is 0 Å². The van der Waals surface area contributed by atoms with Crippen molar-refractivity contribution in [3.63, 3.8) is 0 Å². The molecule has 1 N–H and O–H groups in total. The molecule has 4 nitrogen and oxygen atoms in total. The van der Waals surface area contributed by atoms with Crippen molar-refractivity contribution >= 4 is 5.69 Å². The van der Waals surface area contributed by atoms with Gasteiger partial charge in [0.15, 0.2) is 0 Å². The van der Waals surface area contributed by atoms with Crippen molar-refractivity contribution in [3.05, 3.63) is 59.5 Å². The van der Waals surface area contributed by atoms with E-state index >= 15 is 0 Å². The maximum atomic E-state index is 10.8. The predicted octanol–water partition coefficient (Wildman–Crippen LogP) is 3.28. The Morgan fingerprint density at radius 2 is 1.56 bits per heavy atom. The molecule has 0 saturated heterocycles. The maximum absolute atomic E-state index is 10.8. The molecule has 2 rings (SSSR count). The standard InChI is InChI=1S/C12H10NO3/c14-13(15)11-8-4-5-9-12(11)16-10-6-2-1-3-7-10/h1-9H,(H,14,15)/q+1. The van der Waals surface area contributed by atoms with Gasteiger partial charge in [-0.2, -0.15) is 0 Å². The van der Waals surface area contributed by atoms with E-state index in [-0.39, 0.29) is 10.6 Å². The van der Waals surface area contributed by atoms with Gasteiger partial charge in [-0.15, -0.1) is 0 Å². The topological polar surface area (TPSA) is 49.5 Å². The molecule has 0 radical (unpaired) electrons. The summed E-state index contributed by atoms with van der Waals surface area (Å²) in [7, 11) is 0. The van der Waals surface area contributed by atoms with Crippen LogP contribution in [0.4, 0.5) is 5.69 Å². The lowest BCUT2D eigenvalue weighted by molar-refractivity contribution is -0.730. The van der Waals surface area contributed by atoms with Gasteiger partial charge in [0.1, 0.15) is 5.75 Å². The molecule has 0 aliphatic rings. The number of hydrogen-bond donors (Lipinski definition) is 1. The molecule has 0 unspecified atom stereocenters. The zero-order chi connectivity index (χ0) is 11.4. The van der Waals surface area contributed by atoms with Crippen LogP contribution in [0.1, 0.15) is 0 Å². The maximum Gasteiger partial charge on any atom is 0.358 e. The highest BCUT2D eigenvalue weighted by Gasteiger charge is 2.19. The monoisotopic (exact) mass is 216 g/mol. The van der Waals surface area contributed by atoms with E-state index in [1.807, 2.05) is 18.2 Å². The van der Waals surface area contributed by atoms with Gasteiger partial charge in [0.25, 0.3) is 4.92 Å². The summed E-state index contributed by atoms with van der Waals surface area (Å²) in [5, 5.41) is 8.88. The molecule has 0 aliphatic heterocycles. The Morgan fingerprint density at radius 3 is 2.25 bits per heavy atom. The van der Waals surface area contributed by atoms with Crippen molar-refractivity contribution in [1.29, 1.82) is 0 Å². The van der Waals surface area contributed by atoms with Crippen LogP contribution in [-0.4, -0.2) is 10.1 Å². The van der Waals surface area contributed by atoms with E-state index in [9.17, 15) is 4.91 Å². The Labute approximate surface area is 92.3 Å². The highest BCUT2D eigenvalue weighted by molar-refractivity contribution is 5.47. The van der Waals surface area contributed by atoms with Crippen molar-refractivity contribution in [2.45, 2.75) is 0 Å². The van der Waals surface area contributed by atoms with E-state index in [0.717, 1.165) is 0 Å². The van der Waals surface area contributed by atoms with Crippen LogP contribution < -0.4 is 4.74 Å². The highest BCUT2D eigenvalue weighted by atomic mass is 16.6. The van der Waals surface area contributed by atoms with Crippen molar-refractivity contribution in [3.8, 4) is 11.5 Å². The molecule has 2 aromatic rings. The minimum absolute atomic E-state index is 0.0753. The number of para-hydroxylation sites is 3. The Balaban J connectivity index is 2.31. The molecule has 0 atom stereocenters. The van der Waals surface area contributed by atoms with Crippen molar-refractivity contribution < 1.29 is 14.9 Å². The molecular weight excluding hydrogens is 206 g/mol. The number of ether oxygens (including phenoxy) is 1. The molecule has 4 heteroatoms. The van der Waals surface area contributed by atoms with Gasteiger partial charge < -0.3 is 4.74 Å². The quantitative estimate of drug-likeness (QED) is 0.801. The molecule has 2 aromatic carbocycles. The minimum Gasteiger partial charge on any atom is -0.450 e. The fraction of sp³-hybridized carbons (Fsp3) is 0. The van der Waals surface area contributed by atoms with Gasteiger partial charge >= 0.3 is 5.69 Å². The normalized spacial score (nSPS) is 9.75. The average Bonchev–Trinajstić information content (AvgIpc) is 2.31. The van der Waals surface area contributed by atoms with E-state index in [0.29, 0.717) is 11.5 Å². The van der Waals surface area contributed by atoms with Gasteiger partial charge in [0.05, 0.1) is 4.91 Å². The van der Waals surface area contributed by atoms with Crippen LogP contribution in [0, 0.1) is 4.91 Å². The van der Waals surface area contributed by atoms with Crippen LogP contribution in [0.15, 0.2) is 54.6 Å². The lowest BCUT2D eigenvalue weighted by Crippen LogP contribution is -1.95. The van der Waals surface area contributed by atoms with E-state index in [1.54, 1.807) is 30.3 Å². The van der Waals surface area contributed by atoms with Crippen LogP contribution >= 0.6 is 0 Å². The molecular formula is C12H10NO3+. The first-order chi connectivity index (χ1) is 7.77. The van der Waals surface area contributed by atoms with Crippen molar-refractivity contribution in [2.75, 3.05) is 0 Å². The summed E-state index contributed by atoms with van der Waals surface area (Å²) < 4.78 is 5.47. The van der Waals surface area contributed by atoms with Crippen LogP contribution in [0.25, 0.3) is 0 Å². The summed E-state index contributed by atoms with van der Waals surface area (Å²) in [4.78, 5) is 10.6. The summed E-state index contributed by atoms with van der Waals surface area (Å²) in [6, 6.07) is 15.5. The summed E-state index contributed by atoms with van der Waals surface area (Å²) in [5.74, 6) is 0.919. The summed E-state index contributed by atoms with van der Waals surface area (Å²) in [6.07, 6.45) is 0. The van der Waals surface area contributed by atoms with Gasteiger partial charge in [0, 0.05) is 6.07 Å². The van der Waals surface area contributed by atoms with Crippen LogP contribution in [0.5, 0.6) is 11.5 Å². The fourth-order valence-electron chi connectivity index (χ4n) is 1.32. The van der Waals surface area contributed by atoms with Gasteiger partial charge in [-0.25, -0.2) is 5.21 Å². The number of hydrogen-bond acceptors (Lipinski definition) is 2. The molecule has 0 aliphatic carbocycles. The first-order valence-corrected chi connectivity index (χ1v) is 4.75. The van der Waals surface area contributed by atoms with Gasteiger partial charge in [-0.1, -0.05) is 30.3 Å². The van der Waals surface area contributed by atoms with Gasteiger partial charge in [-0.3, -0.25) is 0 Å². The van der Waals surface area contributed by atoms with E-state index < -0.39 is 0 Å². The van der Waals surface area contributed by atoms with Crippen LogP contribution in [-0.2, 0) is 0 Å². The lowest BCUT2D eigenvalue weighted by atomic mass is 10.3. The van der Waals surface area contributed by atoms with Crippen LogP contribution in [0.2, 0.25) is 0 Å². The smallest absolute Gasteiger partial charge is 0.358 e. The summed E-state index contributed by atoms with van der Waals surface area (Å²) >= 11 is 0. The summed E-state index contributed by atoms with van der Waals surface area (Å²) in [6.45, 7) is 0. The minimum atomic E-state index is -0.210. The highest BCUT2D eigenvalue weighted by Crippen LogP contribution is 2.29. The lowest BCUT2D eigenvalue weighted by Gasteiger charge is -2.03. The largest absolute Gasteiger partial charge is 0.450 e. The second-order valence-electron chi connectivity index (χ2n) is 3.16. The molecule has 0 spiro atoms. The zero-order valence-electron chi connectivity index (χ0n) is 8.41. The molecule has 0 aromatic heterocycles.